The Morgan fingerprint density at radius 1 is 1.33 bits per heavy atom. The van der Waals surface area contributed by atoms with Gasteiger partial charge in [-0.2, -0.15) is 0 Å². The van der Waals surface area contributed by atoms with Gasteiger partial charge >= 0.3 is 0 Å². The van der Waals surface area contributed by atoms with Crippen molar-refractivity contribution in [3.63, 3.8) is 0 Å². The van der Waals surface area contributed by atoms with Gasteiger partial charge in [-0.15, -0.1) is 24.8 Å². The number of nitrogens with one attached hydrogen (secondary N) is 2. The molecule has 8 heteroatoms. The van der Waals surface area contributed by atoms with Crippen molar-refractivity contribution in [2.24, 2.45) is 0 Å². The number of amides is 1. The highest BCUT2D eigenvalue weighted by Gasteiger charge is 2.23. The molecule has 2 fully saturated rings. The number of aromatic nitrogens is 1. The zero-order valence-electron chi connectivity index (χ0n) is 13.6. The van der Waals surface area contributed by atoms with E-state index in [2.05, 4.69) is 20.5 Å². The number of halogens is 2. The molecule has 136 valence electrons. The summed E-state index contributed by atoms with van der Waals surface area (Å²) in [4.78, 5) is 18.8. The Labute approximate surface area is 155 Å². The average molecular weight is 377 g/mol. The van der Waals surface area contributed by atoms with E-state index in [1.165, 1.54) is 0 Å². The summed E-state index contributed by atoms with van der Waals surface area (Å²) in [5.41, 5.74) is 0. The fourth-order valence-electron chi connectivity index (χ4n) is 3.05. The summed E-state index contributed by atoms with van der Waals surface area (Å²) in [5, 5.41) is 6.47. The van der Waals surface area contributed by atoms with Crippen molar-refractivity contribution in [3.8, 4) is 0 Å². The van der Waals surface area contributed by atoms with Crippen LogP contribution in [0, 0.1) is 0 Å². The number of ether oxygens (including phenoxy) is 1. The Morgan fingerprint density at radius 2 is 2.12 bits per heavy atom. The van der Waals surface area contributed by atoms with Crippen molar-refractivity contribution >= 4 is 36.5 Å². The maximum Gasteiger partial charge on any atom is 0.221 e. The predicted octanol–water partition coefficient (Wildman–Crippen LogP) is 1.39. The first kappa shape index (κ1) is 21.0. The Balaban J connectivity index is 0.00000144. The topological polar surface area (TPSA) is 66.5 Å². The van der Waals surface area contributed by atoms with Crippen molar-refractivity contribution in [2.45, 2.75) is 31.3 Å². The van der Waals surface area contributed by atoms with Crippen LogP contribution in [-0.2, 0) is 9.53 Å². The molecule has 0 spiro atoms. The molecule has 0 saturated carbocycles. The van der Waals surface area contributed by atoms with Crippen LogP contribution >= 0.6 is 24.8 Å². The van der Waals surface area contributed by atoms with Crippen LogP contribution in [0.2, 0.25) is 0 Å². The van der Waals surface area contributed by atoms with Crippen LogP contribution < -0.4 is 15.5 Å². The first-order valence-corrected chi connectivity index (χ1v) is 8.08. The fourth-order valence-corrected chi connectivity index (χ4v) is 3.05. The van der Waals surface area contributed by atoms with E-state index in [9.17, 15) is 4.79 Å². The number of morpholine rings is 1. The minimum absolute atomic E-state index is 0. The van der Waals surface area contributed by atoms with Gasteiger partial charge in [-0.25, -0.2) is 4.98 Å². The van der Waals surface area contributed by atoms with Crippen LogP contribution in [0.1, 0.15) is 19.3 Å². The van der Waals surface area contributed by atoms with Crippen molar-refractivity contribution in [3.05, 3.63) is 24.4 Å². The van der Waals surface area contributed by atoms with E-state index in [4.69, 9.17) is 4.74 Å². The van der Waals surface area contributed by atoms with E-state index in [1.807, 2.05) is 24.4 Å². The molecule has 0 aromatic carbocycles. The Kier molecular flexibility index (Phi) is 9.36. The van der Waals surface area contributed by atoms with Crippen LogP contribution in [0.25, 0.3) is 0 Å². The Bertz CT molecular complexity index is 478. The van der Waals surface area contributed by atoms with E-state index >= 15 is 0 Å². The number of pyridine rings is 1. The molecule has 6 nitrogen and oxygen atoms in total. The normalized spacial score (nSPS) is 21.3. The number of carbonyl (C=O) groups is 1. The summed E-state index contributed by atoms with van der Waals surface area (Å²) in [6.07, 6.45) is 4.26. The third kappa shape index (κ3) is 6.09. The van der Waals surface area contributed by atoms with Gasteiger partial charge in [0.2, 0.25) is 5.91 Å². The maximum atomic E-state index is 12.1. The van der Waals surface area contributed by atoms with Gasteiger partial charge in [0.15, 0.2) is 0 Å². The molecule has 1 atom stereocenters. The molecule has 2 aliphatic rings. The number of piperidine rings is 1. The lowest BCUT2D eigenvalue weighted by atomic mass is 10.0. The summed E-state index contributed by atoms with van der Waals surface area (Å²) >= 11 is 0. The molecule has 3 heterocycles. The lowest BCUT2D eigenvalue weighted by Gasteiger charge is -2.33. The highest BCUT2D eigenvalue weighted by molar-refractivity contribution is 5.85. The van der Waals surface area contributed by atoms with E-state index < -0.39 is 0 Å². The van der Waals surface area contributed by atoms with Gasteiger partial charge in [-0.1, -0.05) is 6.07 Å². The smallest absolute Gasteiger partial charge is 0.221 e. The summed E-state index contributed by atoms with van der Waals surface area (Å²) < 4.78 is 5.38. The zero-order valence-corrected chi connectivity index (χ0v) is 15.3. The number of nitrogens with zero attached hydrogens (tertiary/aromatic N) is 2. The number of hydrogen-bond acceptors (Lipinski definition) is 5. The minimum Gasteiger partial charge on any atom is -0.378 e. The van der Waals surface area contributed by atoms with Gasteiger partial charge in [0.05, 0.1) is 13.2 Å². The molecule has 2 saturated heterocycles. The molecule has 1 amide bonds. The van der Waals surface area contributed by atoms with Gasteiger partial charge in [0, 0.05) is 44.3 Å². The van der Waals surface area contributed by atoms with Gasteiger partial charge in [0.1, 0.15) is 5.82 Å². The molecule has 2 aliphatic heterocycles. The summed E-state index contributed by atoms with van der Waals surface area (Å²) in [6, 6.07) is 6.40. The van der Waals surface area contributed by atoms with Crippen LogP contribution in [0.4, 0.5) is 5.82 Å². The second-order valence-corrected chi connectivity index (χ2v) is 5.95. The monoisotopic (exact) mass is 376 g/mol. The molecule has 1 unspecified atom stereocenters. The molecule has 0 bridgehead atoms. The molecule has 24 heavy (non-hydrogen) atoms. The molecule has 1 aromatic rings. The Hall–Kier alpha value is -1.08. The lowest BCUT2D eigenvalue weighted by molar-refractivity contribution is -0.123. The first-order chi connectivity index (χ1) is 10.8. The second kappa shape index (κ2) is 10.7. The van der Waals surface area contributed by atoms with Crippen molar-refractivity contribution in [1.29, 1.82) is 0 Å². The summed E-state index contributed by atoms with van der Waals surface area (Å²) in [6.45, 7) is 4.08. The molecule has 0 radical (unpaired) electrons. The first-order valence-electron chi connectivity index (χ1n) is 8.08. The van der Waals surface area contributed by atoms with E-state index in [0.717, 1.165) is 44.9 Å². The van der Waals surface area contributed by atoms with E-state index in [0.29, 0.717) is 13.0 Å². The quantitative estimate of drug-likeness (QED) is 0.830. The van der Waals surface area contributed by atoms with E-state index in [1.54, 1.807) is 0 Å². The standard InChI is InChI=1S/C16H24N4O2.2ClH/c21-16(11-14-12-22-10-7-17-14)19-13-4-8-20(9-5-13)15-3-1-2-6-18-15;;/h1-3,6,13-14,17H,4-5,7-12H2,(H,19,21);2*1H. The Morgan fingerprint density at radius 3 is 2.75 bits per heavy atom. The summed E-state index contributed by atoms with van der Waals surface area (Å²) in [7, 11) is 0. The van der Waals surface area contributed by atoms with Crippen LogP contribution in [0.15, 0.2) is 24.4 Å². The molecule has 1 aromatic heterocycles. The van der Waals surface area contributed by atoms with Gasteiger partial charge in [0.25, 0.3) is 0 Å². The molecular formula is C16H26Cl2N4O2. The highest BCUT2D eigenvalue weighted by atomic mass is 35.5. The SMILES string of the molecule is Cl.Cl.O=C(CC1COCCN1)NC1CCN(c2ccccn2)CC1. The van der Waals surface area contributed by atoms with Gasteiger partial charge in [-0.05, 0) is 25.0 Å². The number of hydrogen-bond donors (Lipinski definition) is 2. The predicted molar refractivity (Wildman–Crippen MR) is 99.3 cm³/mol. The van der Waals surface area contributed by atoms with Crippen molar-refractivity contribution in [1.82, 2.24) is 15.6 Å². The van der Waals surface area contributed by atoms with E-state index in [-0.39, 0.29) is 42.8 Å². The largest absolute Gasteiger partial charge is 0.378 e. The highest BCUT2D eigenvalue weighted by Crippen LogP contribution is 2.17. The third-order valence-electron chi connectivity index (χ3n) is 4.26. The lowest BCUT2D eigenvalue weighted by Crippen LogP contribution is -2.48. The van der Waals surface area contributed by atoms with Gasteiger partial charge in [-0.3, -0.25) is 4.79 Å². The van der Waals surface area contributed by atoms with Crippen LogP contribution in [0.3, 0.4) is 0 Å². The molecule has 0 aliphatic carbocycles. The van der Waals surface area contributed by atoms with Crippen molar-refractivity contribution in [2.75, 3.05) is 37.7 Å². The van der Waals surface area contributed by atoms with Crippen LogP contribution in [0.5, 0.6) is 0 Å². The molecular weight excluding hydrogens is 351 g/mol. The molecule has 2 N–H and O–H groups in total. The number of rotatable bonds is 4. The summed E-state index contributed by atoms with van der Waals surface area (Å²) in [5.74, 6) is 1.15. The van der Waals surface area contributed by atoms with Crippen molar-refractivity contribution < 1.29 is 9.53 Å². The third-order valence-corrected chi connectivity index (χ3v) is 4.26. The average Bonchev–Trinajstić information content (AvgIpc) is 2.57. The van der Waals surface area contributed by atoms with Gasteiger partial charge < -0.3 is 20.3 Å². The number of carbonyl (C=O) groups excluding carboxylic acids is 1. The number of anilines is 1. The zero-order chi connectivity index (χ0) is 15.2. The fraction of sp³-hybridized carbons (Fsp3) is 0.625. The van der Waals surface area contributed by atoms with Crippen LogP contribution in [-0.4, -0.2) is 55.8 Å². The molecule has 3 rings (SSSR count). The second-order valence-electron chi connectivity index (χ2n) is 5.95. The maximum absolute atomic E-state index is 12.1. The minimum atomic E-state index is 0.